The molecule has 1 aliphatic heterocycles. The second-order valence-electron chi connectivity index (χ2n) is 4.06. The van der Waals surface area contributed by atoms with Gasteiger partial charge in [-0.25, -0.2) is 0 Å². The van der Waals surface area contributed by atoms with Gasteiger partial charge in [0.25, 0.3) is 5.91 Å². The van der Waals surface area contributed by atoms with Gasteiger partial charge in [-0.05, 0) is 32.4 Å². The lowest BCUT2D eigenvalue weighted by Gasteiger charge is -2.33. The molecule has 16 heavy (non-hydrogen) atoms. The minimum Gasteiger partial charge on any atom is -0.372 e. The summed E-state index contributed by atoms with van der Waals surface area (Å²) in [6, 6.07) is 0.378. The average Bonchev–Trinajstić information content (AvgIpc) is 2.30. The Hall–Kier alpha value is -0.320. The second-order valence-corrected chi connectivity index (χ2v) is 4.06. The Balaban J connectivity index is 0.00000225. The first-order valence-electron chi connectivity index (χ1n) is 5.70. The van der Waals surface area contributed by atoms with Crippen LogP contribution in [0.4, 0.5) is 0 Å². The van der Waals surface area contributed by atoms with Crippen molar-refractivity contribution in [3.8, 4) is 0 Å². The van der Waals surface area contributed by atoms with Crippen LogP contribution in [0.25, 0.3) is 0 Å². The number of methoxy groups -OCH3 is 1. The summed E-state index contributed by atoms with van der Waals surface area (Å²) in [5.74, 6) is 0.118. The number of amides is 1. The van der Waals surface area contributed by atoms with Crippen LogP contribution in [0.2, 0.25) is 0 Å². The van der Waals surface area contributed by atoms with Crippen molar-refractivity contribution < 1.29 is 9.53 Å². The predicted octanol–water partition coefficient (Wildman–Crippen LogP) is 1.04. The molecule has 1 rings (SSSR count). The first kappa shape index (κ1) is 15.7. The van der Waals surface area contributed by atoms with Gasteiger partial charge in [0.15, 0.2) is 0 Å². The standard InChI is InChI=1S/C11H22N2O2.ClH/c1-4-10(15-3)11(14)13(2)9-5-7-12-8-6-9;/h9-10,12H,4-8H2,1-3H3;1H. The molecule has 0 bridgehead atoms. The van der Waals surface area contributed by atoms with Crippen LogP contribution >= 0.6 is 12.4 Å². The van der Waals surface area contributed by atoms with Gasteiger partial charge in [0.2, 0.25) is 0 Å². The molecule has 5 heteroatoms. The molecule has 1 unspecified atom stereocenters. The number of piperidine rings is 1. The molecule has 1 atom stereocenters. The van der Waals surface area contributed by atoms with Crippen LogP contribution in [0.15, 0.2) is 0 Å². The van der Waals surface area contributed by atoms with Gasteiger partial charge in [-0.15, -0.1) is 12.4 Å². The normalized spacial score (nSPS) is 18.7. The van der Waals surface area contributed by atoms with E-state index < -0.39 is 0 Å². The van der Waals surface area contributed by atoms with E-state index in [4.69, 9.17) is 4.74 Å². The van der Waals surface area contributed by atoms with Gasteiger partial charge in [-0.3, -0.25) is 4.79 Å². The zero-order chi connectivity index (χ0) is 11.3. The summed E-state index contributed by atoms with van der Waals surface area (Å²) in [4.78, 5) is 13.8. The fourth-order valence-corrected chi connectivity index (χ4v) is 2.04. The molecule has 1 saturated heterocycles. The van der Waals surface area contributed by atoms with E-state index in [2.05, 4.69) is 5.32 Å². The maximum Gasteiger partial charge on any atom is 0.251 e. The molecule has 0 aliphatic carbocycles. The number of ether oxygens (including phenoxy) is 1. The Labute approximate surface area is 104 Å². The van der Waals surface area contributed by atoms with E-state index in [9.17, 15) is 4.79 Å². The molecule has 1 heterocycles. The van der Waals surface area contributed by atoms with Crippen molar-refractivity contribution in [2.75, 3.05) is 27.2 Å². The summed E-state index contributed by atoms with van der Waals surface area (Å²) in [5, 5.41) is 3.30. The van der Waals surface area contributed by atoms with Crippen LogP contribution in [0.1, 0.15) is 26.2 Å². The average molecular weight is 251 g/mol. The Morgan fingerprint density at radius 1 is 1.50 bits per heavy atom. The lowest BCUT2D eigenvalue weighted by atomic mass is 10.0. The number of nitrogens with one attached hydrogen (secondary N) is 1. The number of carbonyl (C=O) groups is 1. The number of rotatable bonds is 4. The van der Waals surface area contributed by atoms with Crippen LogP contribution in [-0.4, -0.2) is 50.2 Å². The van der Waals surface area contributed by atoms with Crippen molar-refractivity contribution in [1.29, 1.82) is 0 Å². The van der Waals surface area contributed by atoms with Crippen molar-refractivity contribution in [1.82, 2.24) is 10.2 Å². The van der Waals surface area contributed by atoms with E-state index in [-0.39, 0.29) is 24.4 Å². The molecule has 1 N–H and O–H groups in total. The van der Waals surface area contributed by atoms with Crippen molar-refractivity contribution in [2.24, 2.45) is 0 Å². The molecule has 0 aromatic carbocycles. The van der Waals surface area contributed by atoms with Crippen LogP contribution in [0.5, 0.6) is 0 Å². The molecule has 1 amide bonds. The van der Waals surface area contributed by atoms with Crippen molar-refractivity contribution >= 4 is 18.3 Å². The highest BCUT2D eigenvalue weighted by Gasteiger charge is 2.26. The number of carbonyl (C=O) groups excluding carboxylic acids is 1. The van der Waals surface area contributed by atoms with E-state index in [1.165, 1.54) is 0 Å². The van der Waals surface area contributed by atoms with E-state index in [1.54, 1.807) is 7.11 Å². The first-order valence-corrected chi connectivity index (χ1v) is 5.70. The summed E-state index contributed by atoms with van der Waals surface area (Å²) >= 11 is 0. The molecule has 4 nitrogen and oxygen atoms in total. The zero-order valence-electron chi connectivity index (χ0n) is 10.4. The van der Waals surface area contributed by atoms with E-state index in [0.29, 0.717) is 6.04 Å². The highest BCUT2D eigenvalue weighted by atomic mass is 35.5. The smallest absolute Gasteiger partial charge is 0.251 e. The molecule has 0 spiro atoms. The van der Waals surface area contributed by atoms with Gasteiger partial charge < -0.3 is 15.0 Å². The molecular weight excluding hydrogens is 228 g/mol. The van der Waals surface area contributed by atoms with Gasteiger partial charge in [0, 0.05) is 20.2 Å². The van der Waals surface area contributed by atoms with Crippen LogP contribution in [0, 0.1) is 0 Å². The molecule has 0 aromatic rings. The Kier molecular flexibility index (Phi) is 7.72. The Bertz CT molecular complexity index is 204. The summed E-state index contributed by atoms with van der Waals surface area (Å²) in [5.41, 5.74) is 0. The van der Waals surface area contributed by atoms with Gasteiger partial charge in [-0.1, -0.05) is 6.92 Å². The molecule has 96 valence electrons. The second kappa shape index (κ2) is 7.87. The van der Waals surface area contributed by atoms with Gasteiger partial charge in [0.1, 0.15) is 6.10 Å². The minimum atomic E-state index is -0.273. The minimum absolute atomic E-state index is 0. The maximum atomic E-state index is 12.0. The van der Waals surface area contributed by atoms with Gasteiger partial charge >= 0.3 is 0 Å². The molecule has 1 fully saturated rings. The van der Waals surface area contributed by atoms with Crippen LogP contribution in [0.3, 0.4) is 0 Å². The lowest BCUT2D eigenvalue weighted by Crippen LogP contribution is -2.47. The van der Waals surface area contributed by atoms with Crippen molar-refractivity contribution in [2.45, 2.75) is 38.3 Å². The van der Waals surface area contributed by atoms with E-state index >= 15 is 0 Å². The van der Waals surface area contributed by atoms with Gasteiger partial charge in [-0.2, -0.15) is 0 Å². The third-order valence-corrected chi connectivity index (χ3v) is 3.13. The maximum absolute atomic E-state index is 12.0. The number of hydrogen-bond donors (Lipinski definition) is 1. The van der Waals surface area contributed by atoms with Crippen LogP contribution in [-0.2, 0) is 9.53 Å². The third-order valence-electron chi connectivity index (χ3n) is 3.13. The fraction of sp³-hybridized carbons (Fsp3) is 0.909. The lowest BCUT2D eigenvalue weighted by molar-refractivity contribution is -0.143. The molecule has 1 aliphatic rings. The number of hydrogen-bond acceptors (Lipinski definition) is 3. The summed E-state index contributed by atoms with van der Waals surface area (Å²) in [6.07, 6.45) is 2.56. The predicted molar refractivity (Wildman–Crippen MR) is 67.0 cm³/mol. The highest BCUT2D eigenvalue weighted by molar-refractivity contribution is 5.85. The molecule has 0 aromatic heterocycles. The summed E-state index contributed by atoms with van der Waals surface area (Å²) < 4.78 is 5.17. The topological polar surface area (TPSA) is 41.6 Å². The fourth-order valence-electron chi connectivity index (χ4n) is 2.04. The van der Waals surface area contributed by atoms with Crippen LogP contribution < -0.4 is 5.32 Å². The van der Waals surface area contributed by atoms with E-state index in [1.807, 2.05) is 18.9 Å². The molecule has 0 saturated carbocycles. The number of halogens is 1. The SMILES string of the molecule is CCC(OC)C(=O)N(C)C1CCNCC1.Cl. The van der Waals surface area contributed by atoms with Crippen molar-refractivity contribution in [3.05, 3.63) is 0 Å². The number of likely N-dealkylation sites (N-methyl/N-ethyl adjacent to an activating group) is 1. The summed E-state index contributed by atoms with van der Waals surface area (Å²) in [6.45, 7) is 3.99. The Morgan fingerprint density at radius 3 is 2.50 bits per heavy atom. The monoisotopic (exact) mass is 250 g/mol. The number of nitrogens with zero attached hydrogens (tertiary/aromatic N) is 1. The molecule has 0 radical (unpaired) electrons. The zero-order valence-corrected chi connectivity index (χ0v) is 11.2. The first-order chi connectivity index (χ1) is 7.20. The Morgan fingerprint density at radius 2 is 2.06 bits per heavy atom. The highest BCUT2D eigenvalue weighted by Crippen LogP contribution is 2.12. The van der Waals surface area contributed by atoms with Gasteiger partial charge in [0.05, 0.1) is 0 Å². The van der Waals surface area contributed by atoms with Crippen molar-refractivity contribution in [3.63, 3.8) is 0 Å². The molecular formula is C11H23ClN2O2. The van der Waals surface area contributed by atoms with E-state index in [0.717, 1.165) is 32.4 Å². The quantitative estimate of drug-likeness (QED) is 0.811. The largest absolute Gasteiger partial charge is 0.372 e. The third kappa shape index (κ3) is 3.92. The summed E-state index contributed by atoms with van der Waals surface area (Å²) in [7, 11) is 3.49.